The number of thioether (sulfide) groups is 1. The van der Waals surface area contributed by atoms with Crippen molar-refractivity contribution in [2.75, 3.05) is 0 Å². The van der Waals surface area contributed by atoms with E-state index in [-0.39, 0.29) is 4.75 Å². The van der Waals surface area contributed by atoms with Crippen LogP contribution in [0.15, 0.2) is 72.1 Å². The van der Waals surface area contributed by atoms with Crippen LogP contribution in [0.2, 0.25) is 0 Å². The maximum atomic E-state index is 2.35. The Hall–Kier alpha value is -1.47. The molecule has 0 saturated heterocycles. The van der Waals surface area contributed by atoms with E-state index in [1.54, 1.807) is 0 Å². The zero-order chi connectivity index (χ0) is 13.1. The SMILES string of the molecule is C[C@@]1(c2ccccc2)C[C@H](c2ccccc2)C=CS1. The summed E-state index contributed by atoms with van der Waals surface area (Å²) in [5.41, 5.74) is 2.84. The highest BCUT2D eigenvalue weighted by molar-refractivity contribution is 8.03. The molecule has 3 rings (SSSR count). The first-order valence-electron chi connectivity index (χ1n) is 6.73. The third-order valence-corrected chi connectivity index (χ3v) is 5.08. The maximum absolute atomic E-state index is 2.35. The minimum atomic E-state index is 0.177. The second-order valence-corrected chi connectivity index (χ2v) is 6.67. The quantitative estimate of drug-likeness (QED) is 0.707. The molecule has 19 heavy (non-hydrogen) atoms. The third-order valence-electron chi connectivity index (χ3n) is 3.86. The van der Waals surface area contributed by atoms with Crippen LogP contribution in [0.25, 0.3) is 0 Å². The van der Waals surface area contributed by atoms with Crippen LogP contribution in [0.1, 0.15) is 30.4 Å². The van der Waals surface area contributed by atoms with E-state index in [9.17, 15) is 0 Å². The van der Waals surface area contributed by atoms with E-state index in [4.69, 9.17) is 0 Å². The van der Waals surface area contributed by atoms with Gasteiger partial charge in [0.05, 0.1) is 0 Å². The van der Waals surface area contributed by atoms with Gasteiger partial charge in [-0.3, -0.25) is 0 Å². The normalized spacial score (nSPS) is 26.3. The smallest absolute Gasteiger partial charge is 0.0430 e. The predicted octanol–water partition coefficient (Wildman–Crippen LogP) is 5.34. The molecule has 0 amide bonds. The van der Waals surface area contributed by atoms with Crippen LogP contribution < -0.4 is 0 Å². The summed E-state index contributed by atoms with van der Waals surface area (Å²) in [6.07, 6.45) is 3.49. The highest BCUT2D eigenvalue weighted by Gasteiger charge is 2.32. The fourth-order valence-electron chi connectivity index (χ4n) is 2.73. The molecule has 0 N–H and O–H groups in total. The van der Waals surface area contributed by atoms with Gasteiger partial charge < -0.3 is 0 Å². The van der Waals surface area contributed by atoms with Crippen LogP contribution in [-0.4, -0.2) is 0 Å². The molecule has 0 spiro atoms. The van der Waals surface area contributed by atoms with Crippen molar-refractivity contribution in [2.24, 2.45) is 0 Å². The molecule has 2 aromatic carbocycles. The summed E-state index contributed by atoms with van der Waals surface area (Å²) < 4.78 is 0.177. The Morgan fingerprint density at radius 3 is 2.26 bits per heavy atom. The summed E-state index contributed by atoms with van der Waals surface area (Å²) in [6.45, 7) is 2.35. The van der Waals surface area contributed by atoms with Gasteiger partial charge in [-0.05, 0) is 29.9 Å². The van der Waals surface area contributed by atoms with Gasteiger partial charge in [-0.1, -0.05) is 66.7 Å². The standard InChI is InChI=1S/C18H18S/c1-18(17-10-6-3-7-11-17)14-16(12-13-19-18)15-8-4-2-5-9-15/h2-13,16H,14H2,1H3/t16-,18+/m1/s1. The zero-order valence-electron chi connectivity index (χ0n) is 11.1. The van der Waals surface area contributed by atoms with E-state index < -0.39 is 0 Å². The van der Waals surface area contributed by atoms with Gasteiger partial charge in [0.15, 0.2) is 0 Å². The van der Waals surface area contributed by atoms with Crippen molar-refractivity contribution in [3.05, 3.63) is 83.3 Å². The average Bonchev–Trinajstić information content (AvgIpc) is 2.49. The second kappa shape index (κ2) is 5.26. The Kier molecular flexibility index (Phi) is 3.48. The van der Waals surface area contributed by atoms with E-state index >= 15 is 0 Å². The van der Waals surface area contributed by atoms with Crippen molar-refractivity contribution < 1.29 is 0 Å². The summed E-state index contributed by atoms with van der Waals surface area (Å²) >= 11 is 1.94. The molecule has 0 saturated carbocycles. The van der Waals surface area contributed by atoms with Gasteiger partial charge in [0.1, 0.15) is 0 Å². The molecular weight excluding hydrogens is 248 g/mol. The number of hydrogen-bond donors (Lipinski definition) is 0. The van der Waals surface area contributed by atoms with Crippen molar-refractivity contribution >= 4 is 11.8 Å². The van der Waals surface area contributed by atoms with Crippen LogP contribution in [0.5, 0.6) is 0 Å². The monoisotopic (exact) mass is 266 g/mol. The predicted molar refractivity (Wildman–Crippen MR) is 84.3 cm³/mol. The largest absolute Gasteiger partial charge is 0.123 e. The summed E-state index contributed by atoms with van der Waals surface area (Å²) in [5.74, 6) is 0.521. The molecule has 1 heteroatoms. The van der Waals surface area contributed by atoms with E-state index in [1.807, 2.05) is 11.8 Å². The number of rotatable bonds is 2. The lowest BCUT2D eigenvalue weighted by molar-refractivity contribution is 0.575. The zero-order valence-corrected chi connectivity index (χ0v) is 11.9. The molecule has 0 unspecified atom stereocenters. The van der Waals surface area contributed by atoms with Crippen LogP contribution >= 0.6 is 11.8 Å². The minimum absolute atomic E-state index is 0.177. The molecule has 2 atom stereocenters. The fraction of sp³-hybridized carbons (Fsp3) is 0.222. The Morgan fingerprint density at radius 1 is 0.947 bits per heavy atom. The lowest BCUT2D eigenvalue weighted by Crippen LogP contribution is -2.22. The van der Waals surface area contributed by atoms with Gasteiger partial charge in [0, 0.05) is 10.7 Å². The molecule has 0 nitrogen and oxygen atoms in total. The lowest BCUT2D eigenvalue weighted by Gasteiger charge is -2.35. The van der Waals surface area contributed by atoms with Gasteiger partial charge >= 0.3 is 0 Å². The Balaban J connectivity index is 1.90. The Morgan fingerprint density at radius 2 is 1.58 bits per heavy atom. The van der Waals surface area contributed by atoms with Gasteiger partial charge in [0.2, 0.25) is 0 Å². The Bertz CT molecular complexity index is 559. The van der Waals surface area contributed by atoms with E-state index in [1.165, 1.54) is 11.1 Å². The summed E-state index contributed by atoms with van der Waals surface area (Å²) in [5, 5.41) is 2.27. The molecule has 0 aromatic heterocycles. The molecule has 0 bridgehead atoms. The maximum Gasteiger partial charge on any atom is 0.0430 e. The first kappa shape index (κ1) is 12.6. The molecule has 1 heterocycles. The molecule has 0 fully saturated rings. The molecule has 1 aliphatic heterocycles. The van der Waals surface area contributed by atoms with E-state index in [0.29, 0.717) is 5.92 Å². The first-order chi connectivity index (χ1) is 9.28. The third kappa shape index (κ3) is 2.62. The summed E-state index contributed by atoms with van der Waals surface area (Å²) in [6, 6.07) is 21.7. The van der Waals surface area contributed by atoms with Gasteiger partial charge in [-0.15, -0.1) is 11.8 Å². The van der Waals surface area contributed by atoms with Crippen LogP contribution in [-0.2, 0) is 4.75 Å². The van der Waals surface area contributed by atoms with Crippen molar-refractivity contribution in [1.82, 2.24) is 0 Å². The molecule has 2 aromatic rings. The molecule has 0 radical (unpaired) electrons. The summed E-state index contributed by atoms with van der Waals surface area (Å²) in [7, 11) is 0. The van der Waals surface area contributed by atoms with Crippen molar-refractivity contribution in [1.29, 1.82) is 0 Å². The Labute approximate surface area is 119 Å². The molecule has 96 valence electrons. The number of hydrogen-bond acceptors (Lipinski definition) is 1. The van der Waals surface area contributed by atoms with Crippen LogP contribution in [0.3, 0.4) is 0 Å². The van der Waals surface area contributed by atoms with Crippen molar-refractivity contribution in [3.8, 4) is 0 Å². The van der Waals surface area contributed by atoms with Crippen LogP contribution in [0, 0.1) is 0 Å². The summed E-state index contributed by atoms with van der Waals surface area (Å²) in [4.78, 5) is 0. The number of allylic oxidation sites excluding steroid dienone is 1. The minimum Gasteiger partial charge on any atom is -0.123 e. The van der Waals surface area contributed by atoms with Gasteiger partial charge in [0.25, 0.3) is 0 Å². The lowest BCUT2D eigenvalue weighted by atomic mass is 9.85. The second-order valence-electron chi connectivity index (χ2n) is 5.26. The van der Waals surface area contributed by atoms with Gasteiger partial charge in [-0.25, -0.2) is 0 Å². The topological polar surface area (TPSA) is 0 Å². The van der Waals surface area contributed by atoms with Crippen LogP contribution in [0.4, 0.5) is 0 Å². The van der Waals surface area contributed by atoms with E-state index in [0.717, 1.165) is 6.42 Å². The molecule has 1 aliphatic rings. The van der Waals surface area contributed by atoms with Crippen molar-refractivity contribution in [3.63, 3.8) is 0 Å². The number of benzene rings is 2. The average molecular weight is 266 g/mol. The van der Waals surface area contributed by atoms with Gasteiger partial charge in [-0.2, -0.15) is 0 Å². The highest BCUT2D eigenvalue weighted by atomic mass is 32.2. The van der Waals surface area contributed by atoms with Crippen molar-refractivity contribution in [2.45, 2.75) is 24.0 Å². The van der Waals surface area contributed by atoms with E-state index in [2.05, 4.69) is 79.1 Å². The first-order valence-corrected chi connectivity index (χ1v) is 7.61. The molecule has 0 aliphatic carbocycles. The fourth-order valence-corrected chi connectivity index (χ4v) is 3.84. The molecular formula is C18H18S. The highest BCUT2D eigenvalue weighted by Crippen LogP contribution is 2.48.